The molecule has 162 valence electrons. The molecule has 2 aromatic carbocycles. The van der Waals surface area contributed by atoms with Crippen LogP contribution < -0.4 is 5.32 Å². The number of phenols is 1. The molecule has 10 heteroatoms. The number of nitrogens with one attached hydrogen (secondary N) is 1. The van der Waals surface area contributed by atoms with E-state index in [1.165, 1.54) is 35.2 Å². The predicted molar refractivity (Wildman–Crippen MR) is 113 cm³/mol. The SMILES string of the molecule is C=CCN1C(=O)C(CC(=O)Nc2cccc(C(F)(F)F)c2)SC1=Nc1cccc(O)c1. The van der Waals surface area contributed by atoms with E-state index in [0.29, 0.717) is 10.9 Å². The van der Waals surface area contributed by atoms with Crippen molar-refractivity contribution in [1.29, 1.82) is 0 Å². The third-order valence-electron chi connectivity index (χ3n) is 4.23. The first kappa shape index (κ1) is 22.4. The van der Waals surface area contributed by atoms with Crippen molar-refractivity contribution in [3.05, 3.63) is 66.7 Å². The summed E-state index contributed by atoms with van der Waals surface area (Å²) >= 11 is 1.07. The summed E-state index contributed by atoms with van der Waals surface area (Å²) in [6.45, 7) is 3.79. The number of carbonyl (C=O) groups is 2. The van der Waals surface area contributed by atoms with Gasteiger partial charge in [-0.1, -0.05) is 30.0 Å². The number of benzene rings is 2. The van der Waals surface area contributed by atoms with Gasteiger partial charge < -0.3 is 10.4 Å². The number of carbonyl (C=O) groups excluding carboxylic acids is 2. The standard InChI is InChI=1S/C21H18F3N3O3S/c1-2-9-27-19(30)17(31-20(27)26-15-7-4-8-16(28)11-15)12-18(29)25-14-6-3-5-13(10-14)21(22,23)24/h2-8,10-11,17,28H,1,9,12H2,(H,25,29). The maximum atomic E-state index is 12.8. The largest absolute Gasteiger partial charge is 0.508 e. The van der Waals surface area contributed by atoms with Crippen LogP contribution in [0.3, 0.4) is 0 Å². The summed E-state index contributed by atoms with van der Waals surface area (Å²) < 4.78 is 38.5. The fourth-order valence-electron chi connectivity index (χ4n) is 2.85. The molecule has 2 amide bonds. The van der Waals surface area contributed by atoms with Gasteiger partial charge in [0.2, 0.25) is 11.8 Å². The van der Waals surface area contributed by atoms with E-state index in [9.17, 15) is 27.9 Å². The number of hydrogen-bond donors (Lipinski definition) is 2. The Labute approximate surface area is 180 Å². The molecule has 3 rings (SSSR count). The Kier molecular flexibility index (Phi) is 6.69. The fourth-order valence-corrected chi connectivity index (χ4v) is 4.02. The average Bonchev–Trinajstić information content (AvgIpc) is 2.96. The lowest BCUT2D eigenvalue weighted by Gasteiger charge is -2.14. The summed E-state index contributed by atoms with van der Waals surface area (Å²) in [7, 11) is 0. The lowest BCUT2D eigenvalue weighted by Crippen LogP contribution is -2.33. The quantitative estimate of drug-likeness (QED) is 0.634. The molecular formula is C21H18F3N3O3S. The van der Waals surface area contributed by atoms with E-state index >= 15 is 0 Å². The van der Waals surface area contributed by atoms with Gasteiger partial charge in [0, 0.05) is 24.7 Å². The van der Waals surface area contributed by atoms with E-state index in [-0.39, 0.29) is 30.3 Å². The second-order valence-electron chi connectivity index (χ2n) is 6.59. The van der Waals surface area contributed by atoms with Crippen LogP contribution in [-0.4, -0.2) is 38.8 Å². The molecule has 1 aliphatic rings. The van der Waals surface area contributed by atoms with Gasteiger partial charge in [-0.05, 0) is 30.3 Å². The number of hydrogen-bond acceptors (Lipinski definition) is 5. The van der Waals surface area contributed by atoms with Crippen molar-refractivity contribution >= 4 is 40.1 Å². The fraction of sp³-hybridized carbons (Fsp3) is 0.190. The number of phenolic OH excluding ortho intramolecular Hbond substituents is 1. The Morgan fingerprint density at radius 1 is 1.26 bits per heavy atom. The van der Waals surface area contributed by atoms with Gasteiger partial charge in [-0.25, -0.2) is 4.99 Å². The van der Waals surface area contributed by atoms with Gasteiger partial charge in [-0.3, -0.25) is 14.5 Å². The monoisotopic (exact) mass is 449 g/mol. The molecule has 31 heavy (non-hydrogen) atoms. The number of thioether (sulfide) groups is 1. The third kappa shape index (κ3) is 5.66. The highest BCUT2D eigenvalue weighted by Gasteiger charge is 2.38. The molecule has 1 atom stereocenters. The average molecular weight is 449 g/mol. The molecule has 0 radical (unpaired) electrons. The van der Waals surface area contributed by atoms with Crippen LogP contribution in [0, 0.1) is 0 Å². The van der Waals surface area contributed by atoms with Crippen LogP contribution in [0.2, 0.25) is 0 Å². The predicted octanol–water partition coefficient (Wildman–Crippen LogP) is 4.56. The van der Waals surface area contributed by atoms with Crippen LogP contribution in [0.4, 0.5) is 24.5 Å². The van der Waals surface area contributed by atoms with Crippen molar-refractivity contribution in [3.63, 3.8) is 0 Å². The van der Waals surface area contributed by atoms with Crippen LogP contribution in [0.25, 0.3) is 0 Å². The molecule has 0 spiro atoms. The maximum Gasteiger partial charge on any atom is 0.416 e. The summed E-state index contributed by atoms with van der Waals surface area (Å²) in [5.74, 6) is -0.936. The molecule has 0 saturated carbocycles. The zero-order valence-corrected chi connectivity index (χ0v) is 16.9. The highest BCUT2D eigenvalue weighted by atomic mass is 32.2. The summed E-state index contributed by atoms with van der Waals surface area (Å²) in [6.07, 6.45) is -3.26. The van der Waals surface area contributed by atoms with Gasteiger partial charge in [0.25, 0.3) is 0 Å². The Hall–Kier alpha value is -3.27. The van der Waals surface area contributed by atoms with E-state index in [1.807, 2.05) is 0 Å². The Morgan fingerprint density at radius 3 is 2.68 bits per heavy atom. The number of amides is 2. The van der Waals surface area contributed by atoms with Crippen LogP contribution in [0.5, 0.6) is 5.75 Å². The highest BCUT2D eigenvalue weighted by molar-refractivity contribution is 8.15. The second kappa shape index (κ2) is 9.25. The number of anilines is 1. The molecule has 1 unspecified atom stereocenters. The number of nitrogens with zero attached hydrogens (tertiary/aromatic N) is 2. The summed E-state index contributed by atoms with van der Waals surface area (Å²) in [5.41, 5.74) is -0.459. The van der Waals surface area contributed by atoms with Crippen LogP contribution in [0.15, 0.2) is 66.2 Å². The molecule has 1 aliphatic heterocycles. The van der Waals surface area contributed by atoms with E-state index in [2.05, 4.69) is 16.9 Å². The first-order chi connectivity index (χ1) is 14.7. The number of rotatable bonds is 6. The Balaban J connectivity index is 1.73. The minimum absolute atomic E-state index is 0.00753. The second-order valence-corrected chi connectivity index (χ2v) is 7.76. The normalized spacial score (nSPS) is 17.8. The molecule has 1 saturated heterocycles. The molecule has 1 heterocycles. The topological polar surface area (TPSA) is 82.0 Å². The van der Waals surface area contributed by atoms with E-state index in [4.69, 9.17) is 0 Å². The molecule has 0 aliphatic carbocycles. The maximum absolute atomic E-state index is 12.8. The van der Waals surface area contributed by atoms with Gasteiger partial charge in [0.1, 0.15) is 11.0 Å². The molecule has 1 fully saturated rings. The zero-order chi connectivity index (χ0) is 22.6. The third-order valence-corrected chi connectivity index (χ3v) is 5.41. The summed E-state index contributed by atoms with van der Waals surface area (Å²) in [4.78, 5) is 30.8. The molecule has 2 aromatic rings. The number of amidine groups is 1. The molecule has 2 N–H and O–H groups in total. The Morgan fingerprint density at radius 2 is 2.00 bits per heavy atom. The Bertz CT molecular complexity index is 1040. The minimum Gasteiger partial charge on any atom is -0.508 e. The van der Waals surface area contributed by atoms with Crippen molar-refractivity contribution in [2.75, 3.05) is 11.9 Å². The number of aromatic hydroxyl groups is 1. The van der Waals surface area contributed by atoms with Crippen LogP contribution >= 0.6 is 11.8 Å². The molecular weight excluding hydrogens is 431 g/mol. The van der Waals surface area contributed by atoms with Gasteiger partial charge in [0.05, 0.1) is 11.3 Å². The first-order valence-electron chi connectivity index (χ1n) is 9.11. The molecule has 0 aromatic heterocycles. The van der Waals surface area contributed by atoms with Gasteiger partial charge in [0.15, 0.2) is 5.17 Å². The lowest BCUT2D eigenvalue weighted by atomic mass is 10.2. The highest BCUT2D eigenvalue weighted by Crippen LogP contribution is 2.33. The van der Waals surface area contributed by atoms with E-state index < -0.39 is 22.9 Å². The van der Waals surface area contributed by atoms with Gasteiger partial charge in [-0.15, -0.1) is 6.58 Å². The van der Waals surface area contributed by atoms with Crippen LogP contribution in [-0.2, 0) is 15.8 Å². The van der Waals surface area contributed by atoms with Crippen molar-refractivity contribution in [2.24, 2.45) is 4.99 Å². The smallest absolute Gasteiger partial charge is 0.416 e. The van der Waals surface area contributed by atoms with Crippen molar-refractivity contribution in [2.45, 2.75) is 17.8 Å². The van der Waals surface area contributed by atoms with Crippen molar-refractivity contribution in [3.8, 4) is 5.75 Å². The van der Waals surface area contributed by atoms with Crippen molar-refractivity contribution in [1.82, 2.24) is 4.90 Å². The number of alkyl halides is 3. The van der Waals surface area contributed by atoms with E-state index in [1.54, 1.807) is 12.1 Å². The van der Waals surface area contributed by atoms with Crippen molar-refractivity contribution < 1.29 is 27.9 Å². The number of aliphatic imine (C=N–C) groups is 1. The first-order valence-corrected chi connectivity index (χ1v) is 9.99. The lowest BCUT2D eigenvalue weighted by molar-refractivity contribution is -0.137. The summed E-state index contributed by atoms with van der Waals surface area (Å²) in [5, 5.41) is 11.5. The van der Waals surface area contributed by atoms with Crippen LogP contribution in [0.1, 0.15) is 12.0 Å². The van der Waals surface area contributed by atoms with E-state index in [0.717, 1.165) is 23.9 Å². The minimum atomic E-state index is -4.53. The zero-order valence-electron chi connectivity index (χ0n) is 16.1. The summed E-state index contributed by atoms with van der Waals surface area (Å²) in [6, 6.07) is 10.4. The molecule has 6 nitrogen and oxygen atoms in total. The van der Waals surface area contributed by atoms with Gasteiger partial charge >= 0.3 is 6.18 Å². The number of halogens is 3. The van der Waals surface area contributed by atoms with Gasteiger partial charge in [-0.2, -0.15) is 13.2 Å². The molecule has 0 bridgehead atoms.